The second kappa shape index (κ2) is 8.86. The summed E-state index contributed by atoms with van der Waals surface area (Å²) in [7, 11) is 1.69. The number of hydrogen-bond acceptors (Lipinski definition) is 9. The Morgan fingerprint density at radius 2 is 2.00 bits per heavy atom. The van der Waals surface area contributed by atoms with Crippen LogP contribution < -0.4 is 20.7 Å². The second-order valence-corrected chi connectivity index (χ2v) is 8.83. The molecule has 4 heterocycles. The number of nitrogens with zero attached hydrogens (tertiary/aromatic N) is 5. The maximum Gasteiger partial charge on any atom is 0.326 e. The van der Waals surface area contributed by atoms with E-state index in [-0.39, 0.29) is 30.0 Å². The molecular weight excluding hydrogens is 458 g/mol. The number of aromatic nitrogens is 5. The van der Waals surface area contributed by atoms with Crippen LogP contribution in [-0.4, -0.2) is 62.4 Å². The van der Waals surface area contributed by atoms with Crippen LogP contribution in [0.15, 0.2) is 24.5 Å². The second-order valence-electron chi connectivity index (χ2n) is 8.83. The number of halogens is 2. The van der Waals surface area contributed by atoms with Gasteiger partial charge in [-0.25, -0.2) is 18.7 Å². The molecule has 12 heteroatoms. The van der Waals surface area contributed by atoms with Crippen LogP contribution in [0.2, 0.25) is 0 Å². The number of piperidine rings is 1. The quantitative estimate of drug-likeness (QED) is 0.337. The van der Waals surface area contributed by atoms with E-state index in [9.17, 15) is 13.9 Å². The lowest BCUT2D eigenvalue weighted by atomic mass is 9.93. The number of alkyl halides is 1. The number of fused-ring (bicyclic) bond motifs is 3. The topological polar surface area (TPSA) is 138 Å². The molecular formula is C23H26F2N8O2. The Hall–Kier alpha value is -3.64. The smallest absolute Gasteiger partial charge is 0.326 e. The number of aliphatic hydroxyl groups is 1. The first-order chi connectivity index (χ1) is 16.7. The van der Waals surface area contributed by atoms with Crippen LogP contribution in [-0.2, 0) is 0 Å². The molecule has 1 aliphatic rings. The molecule has 4 unspecified atom stereocenters. The number of H-pyrrole nitrogens is 1. The van der Waals surface area contributed by atoms with Crippen LogP contribution in [0, 0.1) is 11.7 Å². The molecule has 1 saturated heterocycles. The molecule has 5 rings (SSSR count). The van der Waals surface area contributed by atoms with Crippen LogP contribution in [0.1, 0.15) is 25.8 Å². The summed E-state index contributed by atoms with van der Waals surface area (Å²) >= 11 is 0. The van der Waals surface area contributed by atoms with E-state index in [1.165, 1.54) is 24.5 Å². The van der Waals surface area contributed by atoms with Crippen LogP contribution in [0.4, 0.5) is 20.3 Å². The average Bonchev–Trinajstić information content (AvgIpc) is 3.19. The summed E-state index contributed by atoms with van der Waals surface area (Å²) in [5.41, 5.74) is 7.60. The maximum atomic E-state index is 14.8. The Morgan fingerprint density at radius 3 is 2.66 bits per heavy atom. The fourth-order valence-corrected chi connectivity index (χ4v) is 4.40. The Balaban J connectivity index is 1.66. The summed E-state index contributed by atoms with van der Waals surface area (Å²) in [6, 6.07) is 2.18. The predicted octanol–water partition coefficient (Wildman–Crippen LogP) is 3.05. The zero-order valence-corrected chi connectivity index (χ0v) is 19.5. The highest BCUT2D eigenvalue weighted by Gasteiger charge is 2.34. The van der Waals surface area contributed by atoms with E-state index in [1.807, 2.05) is 6.92 Å². The van der Waals surface area contributed by atoms with Gasteiger partial charge in [0.1, 0.15) is 29.6 Å². The van der Waals surface area contributed by atoms with Gasteiger partial charge in [-0.05, 0) is 25.0 Å². The van der Waals surface area contributed by atoms with Crippen molar-refractivity contribution in [2.75, 3.05) is 30.4 Å². The largest absolute Gasteiger partial charge is 0.421 e. The molecule has 0 bridgehead atoms. The summed E-state index contributed by atoms with van der Waals surface area (Å²) in [6.07, 6.45) is 0.727. The summed E-state index contributed by atoms with van der Waals surface area (Å²) < 4.78 is 35.1. The van der Waals surface area contributed by atoms with Crippen molar-refractivity contribution in [1.82, 2.24) is 24.9 Å². The number of nitrogens with one attached hydrogen (secondary N) is 2. The highest BCUT2D eigenvalue weighted by atomic mass is 19.1. The first-order valence-electron chi connectivity index (χ1n) is 11.3. The van der Waals surface area contributed by atoms with Crippen molar-refractivity contribution in [3.8, 4) is 11.8 Å². The van der Waals surface area contributed by atoms with Crippen LogP contribution >= 0.6 is 0 Å². The fourth-order valence-electron chi connectivity index (χ4n) is 4.40. The first-order valence-corrected chi connectivity index (χ1v) is 11.3. The van der Waals surface area contributed by atoms with Crippen LogP contribution in [0.5, 0.6) is 11.8 Å². The van der Waals surface area contributed by atoms with Crippen molar-refractivity contribution >= 4 is 33.4 Å². The lowest BCUT2D eigenvalue weighted by molar-refractivity contribution is 0.188. The Morgan fingerprint density at radius 1 is 1.26 bits per heavy atom. The lowest BCUT2D eigenvalue weighted by Gasteiger charge is -2.38. The summed E-state index contributed by atoms with van der Waals surface area (Å²) in [5.74, 6) is 0.354. The first kappa shape index (κ1) is 23.1. The van der Waals surface area contributed by atoms with Crippen molar-refractivity contribution in [3.63, 3.8) is 0 Å². The molecule has 1 aromatic carbocycles. The van der Waals surface area contributed by atoms with Crippen molar-refractivity contribution in [3.05, 3.63) is 36.2 Å². The number of rotatable bonds is 5. The Bertz CT molecular complexity index is 1370. The number of nitrogens with two attached hydrogens (primary N) is 1. The van der Waals surface area contributed by atoms with Crippen molar-refractivity contribution in [1.29, 1.82) is 0 Å². The van der Waals surface area contributed by atoms with Crippen molar-refractivity contribution in [2.45, 2.75) is 32.2 Å². The van der Waals surface area contributed by atoms with E-state index in [2.05, 4.69) is 30.2 Å². The van der Waals surface area contributed by atoms with Gasteiger partial charge in [-0.3, -0.25) is 0 Å². The molecule has 10 nitrogen and oxygen atoms in total. The van der Waals surface area contributed by atoms with Gasteiger partial charge in [0.2, 0.25) is 0 Å². The highest BCUT2D eigenvalue weighted by molar-refractivity contribution is 6.14. The van der Waals surface area contributed by atoms with E-state index in [0.717, 1.165) is 0 Å². The van der Waals surface area contributed by atoms with E-state index in [4.69, 9.17) is 10.5 Å². The highest BCUT2D eigenvalue weighted by Crippen LogP contribution is 2.38. The van der Waals surface area contributed by atoms with Crippen molar-refractivity contribution < 1.29 is 18.6 Å². The van der Waals surface area contributed by atoms with E-state index in [1.54, 1.807) is 18.9 Å². The number of aliphatic hydroxyl groups excluding tert-OH is 1. The van der Waals surface area contributed by atoms with Gasteiger partial charge in [0.15, 0.2) is 11.6 Å². The van der Waals surface area contributed by atoms with Gasteiger partial charge in [0, 0.05) is 25.0 Å². The molecule has 4 aromatic rings. The minimum Gasteiger partial charge on any atom is -0.421 e. The van der Waals surface area contributed by atoms with Gasteiger partial charge in [0.05, 0.1) is 35.5 Å². The lowest BCUT2D eigenvalue weighted by Crippen LogP contribution is -2.54. The molecule has 0 aliphatic carbocycles. The fraction of sp³-hybridized carbons (Fsp3) is 0.391. The number of aromatic amines is 1. The normalized spacial score (nSPS) is 21.5. The Kier molecular flexibility index (Phi) is 5.85. The minimum atomic E-state index is -1.26. The minimum absolute atomic E-state index is 0.0168. The van der Waals surface area contributed by atoms with Gasteiger partial charge in [-0.2, -0.15) is 9.97 Å². The standard InChI is InChI=1S/C23H26F2N8O2/c1-10-8-33(9-15(25)18(10)26)22-17-14-4-12(24)5-16(27-3)19(14)30-21(17)31-23(32-22)35-13-6-28-20(11(2)34)29-7-13/h4-7,10-11,15,18,27,34H,8-9,26H2,1-3H3,(H,30,31,32). The summed E-state index contributed by atoms with van der Waals surface area (Å²) in [6.45, 7) is 3.93. The van der Waals surface area contributed by atoms with Gasteiger partial charge >= 0.3 is 6.01 Å². The predicted molar refractivity (Wildman–Crippen MR) is 128 cm³/mol. The summed E-state index contributed by atoms with van der Waals surface area (Å²) in [4.78, 5) is 22.2. The van der Waals surface area contributed by atoms with Crippen LogP contribution in [0.25, 0.3) is 21.9 Å². The molecule has 35 heavy (non-hydrogen) atoms. The van der Waals surface area contributed by atoms with E-state index >= 15 is 0 Å². The number of anilines is 2. The third-order valence-electron chi connectivity index (χ3n) is 6.26. The molecule has 5 N–H and O–H groups in total. The third-order valence-corrected chi connectivity index (χ3v) is 6.26. The van der Waals surface area contributed by atoms with Gasteiger partial charge < -0.3 is 30.8 Å². The number of ether oxygens (including phenoxy) is 1. The monoisotopic (exact) mass is 484 g/mol. The third kappa shape index (κ3) is 4.19. The zero-order valence-electron chi connectivity index (χ0n) is 19.5. The van der Waals surface area contributed by atoms with Gasteiger partial charge in [-0.15, -0.1) is 0 Å². The zero-order chi connectivity index (χ0) is 24.9. The van der Waals surface area contributed by atoms with E-state index < -0.39 is 24.1 Å². The molecule has 4 atom stereocenters. The SMILES string of the molecule is CNc1cc(F)cc2c1[nH]c1nc(Oc3cnc(C(C)O)nc3)nc(N3CC(C)C(N)C(F)C3)c12. The molecule has 1 aliphatic heterocycles. The van der Waals surface area contributed by atoms with E-state index in [0.29, 0.717) is 40.0 Å². The average molecular weight is 485 g/mol. The molecule has 0 saturated carbocycles. The molecule has 1 fully saturated rings. The molecule has 0 radical (unpaired) electrons. The Labute approximate surface area is 199 Å². The van der Waals surface area contributed by atoms with Crippen LogP contribution in [0.3, 0.4) is 0 Å². The molecule has 184 valence electrons. The number of hydrogen-bond donors (Lipinski definition) is 4. The molecule has 3 aromatic heterocycles. The molecule has 0 amide bonds. The molecule has 0 spiro atoms. The maximum absolute atomic E-state index is 14.8. The van der Waals surface area contributed by atoms with Gasteiger partial charge in [-0.1, -0.05) is 6.92 Å². The van der Waals surface area contributed by atoms with Crippen molar-refractivity contribution in [2.24, 2.45) is 11.7 Å². The van der Waals surface area contributed by atoms with Gasteiger partial charge in [0.25, 0.3) is 0 Å². The summed E-state index contributed by atoms with van der Waals surface area (Å²) in [5, 5.41) is 13.7. The number of benzene rings is 1.